The zero-order valence-electron chi connectivity index (χ0n) is 9.80. The highest BCUT2D eigenvalue weighted by atomic mass is 16.4. The number of aryl methyl sites for hydroxylation is 1. The minimum absolute atomic E-state index is 0.297. The van der Waals surface area contributed by atoms with E-state index in [2.05, 4.69) is 0 Å². The maximum atomic E-state index is 10.8. The summed E-state index contributed by atoms with van der Waals surface area (Å²) in [6, 6.07) is 10.0. The molecule has 0 aliphatic rings. The molecule has 4 nitrogen and oxygen atoms in total. The van der Waals surface area contributed by atoms with Crippen LogP contribution in [0.5, 0.6) is 0 Å². The normalized spacial score (nSPS) is 14.2. The van der Waals surface area contributed by atoms with Gasteiger partial charge in [-0.3, -0.25) is 4.79 Å². The fraction of sp³-hybridized carbons (Fsp3) is 0.462. The number of rotatable bonds is 7. The third-order valence-corrected chi connectivity index (χ3v) is 2.89. The topological polar surface area (TPSA) is 83.5 Å². The first kappa shape index (κ1) is 13.7. The molecule has 0 radical (unpaired) electrons. The van der Waals surface area contributed by atoms with E-state index in [9.17, 15) is 4.79 Å². The highest BCUT2D eigenvalue weighted by Gasteiger charge is 2.32. The second kappa shape index (κ2) is 6.37. The lowest BCUT2D eigenvalue weighted by molar-refractivity contribution is -0.145. The Morgan fingerprint density at radius 3 is 2.41 bits per heavy atom. The second-order valence-corrected chi connectivity index (χ2v) is 4.31. The van der Waals surface area contributed by atoms with Crippen molar-refractivity contribution in [3.63, 3.8) is 0 Å². The number of carboxylic acids is 1. The molecule has 0 aromatic heterocycles. The van der Waals surface area contributed by atoms with Crippen LogP contribution in [0.1, 0.15) is 24.8 Å². The summed E-state index contributed by atoms with van der Waals surface area (Å²) in [5.74, 6) is -1.14. The number of hydrogen-bond acceptors (Lipinski definition) is 3. The SMILES string of the molecule is NC(CO)(CCCCc1ccccc1)C(=O)O. The number of benzene rings is 1. The molecule has 4 heteroatoms. The lowest BCUT2D eigenvalue weighted by Crippen LogP contribution is -2.51. The number of nitrogens with two attached hydrogens (primary N) is 1. The van der Waals surface area contributed by atoms with Crippen molar-refractivity contribution in [2.75, 3.05) is 6.61 Å². The number of carboxylic acid groups (broad SMARTS) is 1. The van der Waals surface area contributed by atoms with Crippen molar-refractivity contribution < 1.29 is 15.0 Å². The average molecular weight is 237 g/mol. The quantitative estimate of drug-likeness (QED) is 0.622. The van der Waals surface area contributed by atoms with Crippen molar-refractivity contribution in [3.05, 3.63) is 35.9 Å². The summed E-state index contributed by atoms with van der Waals surface area (Å²) in [6.07, 6.45) is 2.77. The van der Waals surface area contributed by atoms with Crippen LogP contribution in [0.3, 0.4) is 0 Å². The van der Waals surface area contributed by atoms with E-state index in [1.807, 2.05) is 30.3 Å². The van der Waals surface area contributed by atoms with Crippen LogP contribution in [0.4, 0.5) is 0 Å². The van der Waals surface area contributed by atoms with E-state index in [1.165, 1.54) is 5.56 Å². The molecule has 4 N–H and O–H groups in total. The number of aliphatic carboxylic acids is 1. The van der Waals surface area contributed by atoms with E-state index in [0.717, 1.165) is 12.8 Å². The maximum absolute atomic E-state index is 10.8. The van der Waals surface area contributed by atoms with Crippen molar-refractivity contribution in [3.8, 4) is 0 Å². The van der Waals surface area contributed by atoms with Crippen LogP contribution in [-0.4, -0.2) is 28.3 Å². The predicted octanol–water partition coefficient (Wildman–Crippen LogP) is 1.17. The second-order valence-electron chi connectivity index (χ2n) is 4.31. The van der Waals surface area contributed by atoms with Gasteiger partial charge in [0, 0.05) is 0 Å². The van der Waals surface area contributed by atoms with Crippen LogP contribution in [0.15, 0.2) is 30.3 Å². The zero-order chi connectivity index (χ0) is 12.7. The van der Waals surface area contributed by atoms with Gasteiger partial charge in [-0.1, -0.05) is 36.8 Å². The van der Waals surface area contributed by atoms with Crippen LogP contribution in [-0.2, 0) is 11.2 Å². The Hall–Kier alpha value is -1.39. The third-order valence-electron chi connectivity index (χ3n) is 2.89. The Kier molecular flexibility index (Phi) is 5.12. The van der Waals surface area contributed by atoms with Crippen LogP contribution in [0.2, 0.25) is 0 Å². The minimum atomic E-state index is -1.49. The predicted molar refractivity (Wildman–Crippen MR) is 65.6 cm³/mol. The number of unbranched alkanes of at least 4 members (excludes halogenated alkanes) is 1. The summed E-state index contributed by atoms with van der Waals surface area (Å²) in [5.41, 5.74) is 5.31. The summed E-state index contributed by atoms with van der Waals surface area (Å²) in [7, 11) is 0. The van der Waals surface area contributed by atoms with Gasteiger partial charge in [0.05, 0.1) is 6.61 Å². The van der Waals surface area contributed by atoms with E-state index >= 15 is 0 Å². The highest BCUT2D eigenvalue weighted by Crippen LogP contribution is 2.13. The molecule has 1 rings (SSSR count). The lowest BCUT2D eigenvalue weighted by Gasteiger charge is -2.21. The van der Waals surface area contributed by atoms with E-state index in [0.29, 0.717) is 12.8 Å². The van der Waals surface area contributed by atoms with Gasteiger partial charge in [-0.25, -0.2) is 0 Å². The molecule has 1 aromatic rings. The van der Waals surface area contributed by atoms with Crippen molar-refractivity contribution in [1.82, 2.24) is 0 Å². The number of aliphatic hydroxyl groups is 1. The molecule has 1 atom stereocenters. The van der Waals surface area contributed by atoms with Gasteiger partial charge < -0.3 is 15.9 Å². The fourth-order valence-electron chi connectivity index (χ4n) is 1.67. The van der Waals surface area contributed by atoms with Crippen molar-refractivity contribution >= 4 is 5.97 Å². The summed E-state index contributed by atoms with van der Waals surface area (Å²) >= 11 is 0. The lowest BCUT2D eigenvalue weighted by atomic mass is 9.93. The first-order valence-electron chi connectivity index (χ1n) is 5.75. The smallest absolute Gasteiger partial charge is 0.326 e. The molecule has 17 heavy (non-hydrogen) atoms. The first-order chi connectivity index (χ1) is 8.08. The molecular weight excluding hydrogens is 218 g/mol. The summed E-state index contributed by atoms with van der Waals surface area (Å²) in [4.78, 5) is 10.8. The number of aliphatic hydroxyl groups excluding tert-OH is 1. The van der Waals surface area contributed by atoms with Gasteiger partial charge in [0.2, 0.25) is 0 Å². The van der Waals surface area contributed by atoms with Crippen LogP contribution >= 0.6 is 0 Å². The molecule has 0 fully saturated rings. The van der Waals surface area contributed by atoms with Crippen molar-refractivity contribution in [2.24, 2.45) is 5.73 Å². The van der Waals surface area contributed by atoms with Gasteiger partial charge in [0.15, 0.2) is 0 Å². The van der Waals surface area contributed by atoms with Gasteiger partial charge in [-0.15, -0.1) is 0 Å². The third kappa shape index (κ3) is 4.17. The molecule has 0 saturated carbocycles. The van der Waals surface area contributed by atoms with Crippen LogP contribution in [0, 0.1) is 0 Å². The molecule has 0 saturated heterocycles. The molecule has 0 aliphatic carbocycles. The van der Waals surface area contributed by atoms with Crippen molar-refractivity contribution in [1.29, 1.82) is 0 Å². The monoisotopic (exact) mass is 237 g/mol. The summed E-state index contributed by atoms with van der Waals surface area (Å²) < 4.78 is 0. The molecule has 0 spiro atoms. The van der Waals surface area contributed by atoms with Crippen LogP contribution < -0.4 is 5.73 Å². The first-order valence-corrected chi connectivity index (χ1v) is 5.75. The van der Waals surface area contributed by atoms with Gasteiger partial charge in [0.25, 0.3) is 0 Å². The number of carbonyl (C=O) groups is 1. The molecular formula is C13H19NO3. The highest BCUT2D eigenvalue weighted by molar-refractivity contribution is 5.78. The summed E-state index contributed by atoms with van der Waals surface area (Å²) in [5, 5.41) is 17.8. The van der Waals surface area contributed by atoms with Gasteiger partial charge in [-0.2, -0.15) is 0 Å². The molecule has 0 heterocycles. The minimum Gasteiger partial charge on any atom is -0.480 e. The van der Waals surface area contributed by atoms with E-state index in [1.54, 1.807) is 0 Å². The summed E-state index contributed by atoms with van der Waals surface area (Å²) in [6.45, 7) is -0.520. The van der Waals surface area contributed by atoms with E-state index in [4.69, 9.17) is 15.9 Å². The van der Waals surface area contributed by atoms with Gasteiger partial charge in [-0.05, 0) is 24.8 Å². The Balaban J connectivity index is 2.31. The Labute approximate surface area is 101 Å². The molecule has 0 amide bonds. The van der Waals surface area contributed by atoms with E-state index in [-0.39, 0.29) is 0 Å². The van der Waals surface area contributed by atoms with Gasteiger partial charge in [0.1, 0.15) is 5.54 Å². The largest absolute Gasteiger partial charge is 0.480 e. The molecule has 1 aromatic carbocycles. The maximum Gasteiger partial charge on any atom is 0.326 e. The standard InChI is InChI=1S/C13H19NO3/c14-13(10-15,12(16)17)9-5-4-8-11-6-2-1-3-7-11/h1-3,6-7,15H,4-5,8-10,14H2,(H,16,17). The Bertz CT molecular complexity index is 353. The fourth-order valence-corrected chi connectivity index (χ4v) is 1.67. The molecule has 1 unspecified atom stereocenters. The van der Waals surface area contributed by atoms with E-state index < -0.39 is 18.1 Å². The Morgan fingerprint density at radius 2 is 1.88 bits per heavy atom. The molecule has 94 valence electrons. The van der Waals surface area contributed by atoms with Gasteiger partial charge >= 0.3 is 5.97 Å². The Morgan fingerprint density at radius 1 is 1.24 bits per heavy atom. The van der Waals surface area contributed by atoms with Crippen LogP contribution in [0.25, 0.3) is 0 Å². The zero-order valence-corrected chi connectivity index (χ0v) is 9.80. The van der Waals surface area contributed by atoms with Crippen molar-refractivity contribution in [2.45, 2.75) is 31.2 Å². The molecule has 0 bridgehead atoms. The number of hydrogen-bond donors (Lipinski definition) is 3. The molecule has 0 aliphatic heterocycles. The average Bonchev–Trinajstić information content (AvgIpc) is 2.35.